The molecular weight excluding hydrogens is 444 g/mol. The van der Waals surface area contributed by atoms with Crippen molar-refractivity contribution < 1.29 is 14.3 Å². The van der Waals surface area contributed by atoms with Crippen LogP contribution < -0.4 is 14.8 Å². The number of rotatable bonds is 9. The van der Waals surface area contributed by atoms with Crippen LogP contribution in [0.1, 0.15) is 25.0 Å². The molecule has 0 bridgehead atoms. The number of nitrogens with zero attached hydrogens (tertiary/aromatic N) is 1. The van der Waals surface area contributed by atoms with Gasteiger partial charge in [-0.15, -0.1) is 11.3 Å². The average molecular weight is 471 g/mol. The first-order chi connectivity index (χ1) is 16.5. The summed E-state index contributed by atoms with van der Waals surface area (Å²) in [6.45, 7) is 4.51. The normalized spacial score (nSPS) is 11.0. The number of hydrogen-bond donors (Lipinski definition) is 1. The minimum absolute atomic E-state index is 0.130. The van der Waals surface area contributed by atoms with E-state index >= 15 is 0 Å². The summed E-state index contributed by atoms with van der Waals surface area (Å²) in [5.74, 6) is 1.37. The SMILES string of the molecule is CC(C)Oc1ccc(-c2csc(NC(=O)/C=C/c3ccc(OCc4ccccc4)cc3)n2)cc1. The van der Waals surface area contributed by atoms with Crippen molar-refractivity contribution in [2.24, 2.45) is 0 Å². The van der Waals surface area contributed by atoms with E-state index in [2.05, 4.69) is 10.3 Å². The fourth-order valence-electron chi connectivity index (χ4n) is 3.18. The van der Waals surface area contributed by atoms with E-state index in [-0.39, 0.29) is 12.0 Å². The molecule has 0 fully saturated rings. The monoisotopic (exact) mass is 470 g/mol. The van der Waals surface area contributed by atoms with Gasteiger partial charge in [-0.2, -0.15) is 0 Å². The Balaban J connectivity index is 1.29. The summed E-state index contributed by atoms with van der Waals surface area (Å²) < 4.78 is 11.5. The maximum Gasteiger partial charge on any atom is 0.250 e. The van der Waals surface area contributed by atoms with Gasteiger partial charge in [0, 0.05) is 17.0 Å². The number of carbonyl (C=O) groups excluding carboxylic acids is 1. The zero-order valence-corrected chi connectivity index (χ0v) is 19.9. The lowest BCUT2D eigenvalue weighted by Gasteiger charge is -2.09. The van der Waals surface area contributed by atoms with Gasteiger partial charge < -0.3 is 9.47 Å². The Kier molecular flexibility index (Phi) is 7.73. The molecule has 4 aromatic rings. The second-order valence-corrected chi connectivity index (χ2v) is 8.75. The Morgan fingerprint density at radius 3 is 2.38 bits per heavy atom. The molecule has 0 atom stereocenters. The number of ether oxygens (including phenoxy) is 2. The first-order valence-corrected chi connectivity index (χ1v) is 11.9. The van der Waals surface area contributed by atoms with Crippen molar-refractivity contribution in [3.8, 4) is 22.8 Å². The highest BCUT2D eigenvalue weighted by Gasteiger charge is 2.07. The molecule has 0 radical (unpaired) electrons. The minimum Gasteiger partial charge on any atom is -0.491 e. The third-order valence-corrected chi connectivity index (χ3v) is 5.57. The number of benzene rings is 3. The van der Waals surface area contributed by atoms with Crippen LogP contribution in [0.3, 0.4) is 0 Å². The third kappa shape index (κ3) is 6.80. The van der Waals surface area contributed by atoms with E-state index in [0.717, 1.165) is 33.9 Å². The molecule has 1 N–H and O–H groups in total. The van der Waals surface area contributed by atoms with E-state index in [1.54, 1.807) is 6.08 Å². The van der Waals surface area contributed by atoms with Gasteiger partial charge in [-0.25, -0.2) is 4.98 Å². The zero-order chi connectivity index (χ0) is 23.8. The summed E-state index contributed by atoms with van der Waals surface area (Å²) in [6, 6.07) is 25.4. The third-order valence-electron chi connectivity index (χ3n) is 4.81. The molecule has 0 aliphatic heterocycles. The maximum atomic E-state index is 12.3. The van der Waals surface area contributed by atoms with Crippen molar-refractivity contribution in [1.82, 2.24) is 4.98 Å². The summed E-state index contributed by atoms with van der Waals surface area (Å²) in [5.41, 5.74) is 3.81. The van der Waals surface area contributed by atoms with Gasteiger partial charge in [-0.05, 0) is 67.4 Å². The highest BCUT2D eigenvalue weighted by Crippen LogP contribution is 2.27. The minimum atomic E-state index is -0.231. The van der Waals surface area contributed by atoms with Crippen molar-refractivity contribution in [3.05, 3.63) is 101 Å². The summed E-state index contributed by atoms with van der Waals surface area (Å²) in [6.07, 6.45) is 3.39. The molecule has 6 heteroatoms. The van der Waals surface area contributed by atoms with Gasteiger partial charge in [0.15, 0.2) is 5.13 Å². The number of thiazole rings is 1. The Morgan fingerprint density at radius 1 is 0.971 bits per heavy atom. The van der Waals surface area contributed by atoms with Crippen molar-refractivity contribution >= 4 is 28.5 Å². The number of hydrogen-bond acceptors (Lipinski definition) is 5. The smallest absolute Gasteiger partial charge is 0.250 e. The van der Waals surface area contributed by atoms with Crippen molar-refractivity contribution in [2.45, 2.75) is 26.6 Å². The molecule has 0 aliphatic rings. The first kappa shape index (κ1) is 23.3. The number of anilines is 1. The van der Waals surface area contributed by atoms with E-state index < -0.39 is 0 Å². The molecule has 0 saturated carbocycles. The summed E-state index contributed by atoms with van der Waals surface area (Å²) in [4.78, 5) is 16.9. The maximum absolute atomic E-state index is 12.3. The second-order valence-electron chi connectivity index (χ2n) is 7.89. The van der Waals surface area contributed by atoms with Crippen LogP contribution in [0.5, 0.6) is 11.5 Å². The standard InChI is InChI=1S/C28H26N2O3S/c1-20(2)33-25-15-11-23(12-16-25)26-19-34-28(29-26)30-27(31)17-10-21-8-13-24(14-9-21)32-18-22-6-4-3-5-7-22/h3-17,19-20H,18H2,1-2H3,(H,29,30,31)/b17-10+. The summed E-state index contributed by atoms with van der Waals surface area (Å²) >= 11 is 1.39. The first-order valence-electron chi connectivity index (χ1n) is 11.0. The topological polar surface area (TPSA) is 60.5 Å². The zero-order valence-electron chi connectivity index (χ0n) is 19.1. The highest BCUT2D eigenvalue weighted by atomic mass is 32.1. The molecule has 1 heterocycles. The molecule has 0 unspecified atom stereocenters. The molecule has 0 aliphatic carbocycles. The van der Waals surface area contributed by atoms with E-state index in [9.17, 15) is 4.79 Å². The molecular formula is C28H26N2O3S. The molecule has 4 rings (SSSR count). The van der Waals surface area contributed by atoms with Gasteiger partial charge in [0.2, 0.25) is 5.91 Å². The van der Waals surface area contributed by atoms with Crippen LogP contribution >= 0.6 is 11.3 Å². The van der Waals surface area contributed by atoms with Crippen LogP contribution in [0.15, 0.2) is 90.3 Å². The van der Waals surface area contributed by atoms with Crippen LogP contribution in [0.25, 0.3) is 17.3 Å². The fraction of sp³-hybridized carbons (Fsp3) is 0.143. The van der Waals surface area contributed by atoms with Gasteiger partial charge in [0.1, 0.15) is 18.1 Å². The van der Waals surface area contributed by atoms with Gasteiger partial charge in [-0.3, -0.25) is 10.1 Å². The molecule has 5 nitrogen and oxygen atoms in total. The van der Waals surface area contributed by atoms with E-state index in [0.29, 0.717) is 11.7 Å². The molecule has 1 amide bonds. The Hall–Kier alpha value is -3.90. The Morgan fingerprint density at radius 2 is 1.68 bits per heavy atom. The van der Waals surface area contributed by atoms with Crippen LogP contribution in [0.4, 0.5) is 5.13 Å². The highest BCUT2D eigenvalue weighted by molar-refractivity contribution is 7.14. The number of carbonyl (C=O) groups is 1. The molecule has 3 aromatic carbocycles. The summed E-state index contributed by atoms with van der Waals surface area (Å²) in [7, 11) is 0. The van der Waals surface area contributed by atoms with Crippen molar-refractivity contribution in [2.75, 3.05) is 5.32 Å². The van der Waals surface area contributed by atoms with E-state index in [4.69, 9.17) is 9.47 Å². The van der Waals surface area contributed by atoms with Crippen LogP contribution in [-0.4, -0.2) is 17.0 Å². The lowest BCUT2D eigenvalue weighted by atomic mass is 10.2. The van der Waals surface area contributed by atoms with E-state index in [1.165, 1.54) is 17.4 Å². The van der Waals surface area contributed by atoms with Crippen molar-refractivity contribution in [3.63, 3.8) is 0 Å². The molecule has 1 aromatic heterocycles. The van der Waals surface area contributed by atoms with Crippen LogP contribution in [-0.2, 0) is 11.4 Å². The fourth-order valence-corrected chi connectivity index (χ4v) is 3.90. The average Bonchev–Trinajstić information content (AvgIpc) is 3.31. The largest absolute Gasteiger partial charge is 0.491 e. The molecule has 0 spiro atoms. The van der Waals surface area contributed by atoms with Gasteiger partial charge in [-0.1, -0.05) is 42.5 Å². The van der Waals surface area contributed by atoms with Crippen molar-refractivity contribution in [1.29, 1.82) is 0 Å². The molecule has 34 heavy (non-hydrogen) atoms. The predicted molar refractivity (Wildman–Crippen MR) is 138 cm³/mol. The lowest BCUT2D eigenvalue weighted by Crippen LogP contribution is -2.07. The van der Waals surface area contributed by atoms with Gasteiger partial charge in [0.05, 0.1) is 11.8 Å². The Labute approximate surface area is 203 Å². The van der Waals surface area contributed by atoms with Crippen LogP contribution in [0, 0.1) is 0 Å². The quantitative estimate of drug-likeness (QED) is 0.272. The second kappa shape index (κ2) is 11.3. The summed E-state index contributed by atoms with van der Waals surface area (Å²) in [5, 5.41) is 5.30. The van der Waals surface area contributed by atoms with Gasteiger partial charge in [0.25, 0.3) is 0 Å². The van der Waals surface area contributed by atoms with Gasteiger partial charge >= 0.3 is 0 Å². The molecule has 0 saturated heterocycles. The number of amides is 1. The predicted octanol–water partition coefficient (Wildman–Crippen LogP) is 6.83. The Bertz CT molecular complexity index is 1230. The number of aromatic nitrogens is 1. The molecule has 172 valence electrons. The van der Waals surface area contributed by atoms with E-state index in [1.807, 2.05) is 98.1 Å². The number of nitrogens with one attached hydrogen (secondary N) is 1. The van der Waals surface area contributed by atoms with Crippen LogP contribution in [0.2, 0.25) is 0 Å². The lowest BCUT2D eigenvalue weighted by molar-refractivity contribution is -0.111.